The van der Waals surface area contributed by atoms with Gasteiger partial charge in [0, 0.05) is 31.1 Å². The van der Waals surface area contributed by atoms with Crippen LogP contribution in [0.2, 0.25) is 0 Å². The lowest BCUT2D eigenvalue weighted by molar-refractivity contribution is 0.0955. The standard InChI is InChI=1S/C18H22N2O3S3/c1-14-3-2-4-15(13-14)5-7-19-18(21)17-16(6-10-25-17)26(22,23)20-8-11-24-12-9-20/h2-4,6,10,13H,5,7-9,11-12H2,1H3,(H,19,21). The van der Waals surface area contributed by atoms with E-state index in [0.717, 1.165) is 17.1 Å². The second kappa shape index (κ2) is 8.56. The first kappa shape index (κ1) is 19.4. The molecule has 0 atom stereocenters. The average molecular weight is 411 g/mol. The molecular weight excluding hydrogens is 388 g/mol. The molecule has 2 heterocycles. The Kier molecular flexibility index (Phi) is 6.39. The van der Waals surface area contributed by atoms with Gasteiger partial charge in [0.1, 0.15) is 9.77 Å². The van der Waals surface area contributed by atoms with Crippen LogP contribution >= 0.6 is 23.1 Å². The van der Waals surface area contributed by atoms with Gasteiger partial charge in [-0.1, -0.05) is 29.8 Å². The van der Waals surface area contributed by atoms with E-state index < -0.39 is 10.0 Å². The number of thioether (sulfide) groups is 1. The van der Waals surface area contributed by atoms with Crippen molar-refractivity contribution in [3.8, 4) is 0 Å². The van der Waals surface area contributed by atoms with E-state index in [4.69, 9.17) is 0 Å². The summed E-state index contributed by atoms with van der Waals surface area (Å²) in [6.07, 6.45) is 0.713. The van der Waals surface area contributed by atoms with Gasteiger partial charge in [-0.05, 0) is 30.4 Å². The van der Waals surface area contributed by atoms with E-state index in [0.29, 0.717) is 26.1 Å². The molecule has 140 valence electrons. The molecule has 0 unspecified atom stereocenters. The topological polar surface area (TPSA) is 66.5 Å². The smallest absolute Gasteiger partial charge is 0.262 e. The van der Waals surface area contributed by atoms with Gasteiger partial charge in [0.2, 0.25) is 10.0 Å². The molecule has 0 radical (unpaired) electrons. The summed E-state index contributed by atoms with van der Waals surface area (Å²) in [5.41, 5.74) is 2.33. The zero-order chi connectivity index (χ0) is 18.6. The molecule has 1 aliphatic rings. The molecular formula is C18H22N2O3S3. The Balaban J connectivity index is 1.66. The van der Waals surface area contributed by atoms with Crippen LogP contribution in [0.5, 0.6) is 0 Å². The SMILES string of the molecule is Cc1cccc(CCNC(=O)c2sccc2S(=O)(=O)N2CCSCC2)c1. The Morgan fingerprint density at radius 3 is 2.73 bits per heavy atom. The van der Waals surface area contributed by atoms with Crippen molar-refractivity contribution in [3.05, 3.63) is 51.7 Å². The van der Waals surface area contributed by atoms with Gasteiger partial charge in [0.05, 0.1) is 0 Å². The maximum absolute atomic E-state index is 12.8. The van der Waals surface area contributed by atoms with Gasteiger partial charge in [-0.15, -0.1) is 11.3 Å². The fourth-order valence-corrected chi connectivity index (χ4v) is 6.75. The van der Waals surface area contributed by atoms with E-state index in [9.17, 15) is 13.2 Å². The lowest BCUT2D eigenvalue weighted by Crippen LogP contribution is -2.38. The molecule has 8 heteroatoms. The Labute approximate surface area is 162 Å². The molecule has 1 aromatic carbocycles. The first-order chi connectivity index (χ1) is 12.5. The normalized spacial score (nSPS) is 15.7. The van der Waals surface area contributed by atoms with Crippen LogP contribution in [0.4, 0.5) is 0 Å². The number of thiophene rings is 1. The Morgan fingerprint density at radius 2 is 2.00 bits per heavy atom. The van der Waals surface area contributed by atoms with E-state index in [-0.39, 0.29) is 15.7 Å². The predicted octanol–water partition coefficient (Wildman–Crippen LogP) is 2.77. The van der Waals surface area contributed by atoms with Crippen LogP contribution in [0.1, 0.15) is 20.8 Å². The van der Waals surface area contributed by atoms with E-state index in [1.807, 2.05) is 25.1 Å². The molecule has 1 N–H and O–H groups in total. The van der Waals surface area contributed by atoms with Crippen molar-refractivity contribution >= 4 is 39.0 Å². The van der Waals surface area contributed by atoms with Crippen LogP contribution < -0.4 is 5.32 Å². The Hall–Kier alpha value is -1.35. The summed E-state index contributed by atoms with van der Waals surface area (Å²) in [7, 11) is -3.61. The summed E-state index contributed by atoms with van der Waals surface area (Å²) in [5, 5.41) is 4.52. The fourth-order valence-electron chi connectivity index (χ4n) is 2.86. The highest BCUT2D eigenvalue weighted by Crippen LogP contribution is 2.27. The highest BCUT2D eigenvalue weighted by atomic mass is 32.2. The zero-order valence-electron chi connectivity index (χ0n) is 14.6. The van der Waals surface area contributed by atoms with E-state index in [2.05, 4.69) is 11.4 Å². The second-order valence-electron chi connectivity index (χ2n) is 6.13. The second-order valence-corrected chi connectivity index (χ2v) is 10.2. The number of hydrogen-bond donors (Lipinski definition) is 1. The summed E-state index contributed by atoms with van der Waals surface area (Å²) in [5.74, 6) is 1.26. The number of hydrogen-bond acceptors (Lipinski definition) is 5. The molecule has 1 fully saturated rings. The van der Waals surface area contributed by atoms with Crippen LogP contribution in [0.3, 0.4) is 0 Å². The lowest BCUT2D eigenvalue weighted by Gasteiger charge is -2.25. The summed E-state index contributed by atoms with van der Waals surface area (Å²) in [6.45, 7) is 3.50. The van der Waals surface area contributed by atoms with Crippen LogP contribution in [-0.4, -0.2) is 49.8 Å². The van der Waals surface area contributed by atoms with Crippen molar-refractivity contribution in [2.24, 2.45) is 0 Å². The number of sulfonamides is 1. The first-order valence-corrected chi connectivity index (χ1v) is 11.9. The van der Waals surface area contributed by atoms with Gasteiger partial charge >= 0.3 is 0 Å². The summed E-state index contributed by atoms with van der Waals surface area (Å²) >= 11 is 2.92. The van der Waals surface area contributed by atoms with Gasteiger partial charge in [-0.2, -0.15) is 16.1 Å². The number of nitrogens with one attached hydrogen (secondary N) is 1. The van der Waals surface area contributed by atoms with Crippen LogP contribution in [0.25, 0.3) is 0 Å². The molecule has 1 saturated heterocycles. The van der Waals surface area contributed by atoms with Crippen molar-refractivity contribution in [1.29, 1.82) is 0 Å². The number of aryl methyl sites for hydroxylation is 1. The van der Waals surface area contributed by atoms with E-state index in [1.165, 1.54) is 27.3 Å². The molecule has 0 spiro atoms. The van der Waals surface area contributed by atoms with Crippen molar-refractivity contribution in [3.63, 3.8) is 0 Å². The quantitative estimate of drug-likeness (QED) is 0.795. The highest BCUT2D eigenvalue weighted by molar-refractivity contribution is 7.99. The number of carbonyl (C=O) groups is 1. The molecule has 1 aliphatic heterocycles. The minimum atomic E-state index is -3.61. The summed E-state index contributed by atoms with van der Waals surface area (Å²) < 4.78 is 27.2. The largest absolute Gasteiger partial charge is 0.351 e. The fraction of sp³-hybridized carbons (Fsp3) is 0.389. The molecule has 1 amide bonds. The van der Waals surface area contributed by atoms with Crippen molar-refractivity contribution < 1.29 is 13.2 Å². The van der Waals surface area contributed by atoms with Crippen LogP contribution in [-0.2, 0) is 16.4 Å². The molecule has 0 bridgehead atoms. The van der Waals surface area contributed by atoms with Gasteiger partial charge in [-0.25, -0.2) is 8.42 Å². The monoisotopic (exact) mass is 410 g/mol. The maximum Gasteiger partial charge on any atom is 0.262 e. The minimum absolute atomic E-state index is 0.127. The third kappa shape index (κ3) is 4.49. The third-order valence-corrected chi connectivity index (χ3v) is 8.13. The van der Waals surface area contributed by atoms with Crippen molar-refractivity contribution in [2.45, 2.75) is 18.2 Å². The Bertz CT molecular complexity index is 871. The van der Waals surface area contributed by atoms with Gasteiger partial charge in [0.15, 0.2) is 0 Å². The number of carbonyl (C=O) groups excluding carboxylic acids is 1. The Morgan fingerprint density at radius 1 is 1.23 bits per heavy atom. The predicted molar refractivity (Wildman–Crippen MR) is 108 cm³/mol. The zero-order valence-corrected chi connectivity index (χ0v) is 17.1. The van der Waals surface area contributed by atoms with Crippen LogP contribution in [0.15, 0.2) is 40.6 Å². The minimum Gasteiger partial charge on any atom is -0.351 e. The lowest BCUT2D eigenvalue weighted by atomic mass is 10.1. The molecule has 3 rings (SSSR count). The van der Waals surface area contributed by atoms with E-state index in [1.54, 1.807) is 17.1 Å². The van der Waals surface area contributed by atoms with Crippen LogP contribution in [0, 0.1) is 6.92 Å². The van der Waals surface area contributed by atoms with Gasteiger partial charge < -0.3 is 5.32 Å². The summed E-state index contributed by atoms with van der Waals surface area (Å²) in [4.78, 5) is 12.9. The maximum atomic E-state index is 12.8. The molecule has 26 heavy (non-hydrogen) atoms. The molecule has 2 aromatic rings. The number of amides is 1. The van der Waals surface area contributed by atoms with Gasteiger partial charge in [0.25, 0.3) is 5.91 Å². The molecule has 0 saturated carbocycles. The molecule has 1 aromatic heterocycles. The summed E-state index contributed by atoms with van der Waals surface area (Å²) in [6, 6.07) is 9.67. The molecule has 0 aliphatic carbocycles. The highest BCUT2D eigenvalue weighted by Gasteiger charge is 2.31. The number of nitrogens with zero attached hydrogens (tertiary/aromatic N) is 1. The number of rotatable bonds is 6. The number of benzene rings is 1. The first-order valence-electron chi connectivity index (χ1n) is 8.47. The molecule has 5 nitrogen and oxygen atoms in total. The average Bonchev–Trinajstić information content (AvgIpc) is 3.13. The van der Waals surface area contributed by atoms with Crippen molar-refractivity contribution in [1.82, 2.24) is 9.62 Å². The van der Waals surface area contributed by atoms with E-state index >= 15 is 0 Å². The third-order valence-electron chi connectivity index (χ3n) is 4.20. The van der Waals surface area contributed by atoms with Crippen molar-refractivity contribution in [2.75, 3.05) is 31.1 Å². The van der Waals surface area contributed by atoms with Gasteiger partial charge in [-0.3, -0.25) is 4.79 Å².